The van der Waals surface area contributed by atoms with Crippen LogP contribution in [0.5, 0.6) is 0 Å². The van der Waals surface area contributed by atoms with E-state index in [0.717, 1.165) is 64.2 Å². The zero-order valence-electron chi connectivity index (χ0n) is 30.5. The molecule has 4 N–H and O–H groups in total. The van der Waals surface area contributed by atoms with E-state index in [9.17, 15) is 25.2 Å². The molecule has 0 radical (unpaired) electrons. The molecule has 0 amide bonds. The molecule has 0 aromatic carbocycles. The molecule has 1 aliphatic heterocycles. The number of carbonyl (C=O) groups excluding carboxylic acids is 1. The normalized spacial score (nSPS) is 22.2. The molecule has 0 aromatic rings. The van der Waals surface area contributed by atoms with Gasteiger partial charge < -0.3 is 39.4 Å². The fourth-order valence-electron chi connectivity index (χ4n) is 5.72. The van der Waals surface area contributed by atoms with Gasteiger partial charge in [-0.2, -0.15) is 0 Å². The van der Waals surface area contributed by atoms with E-state index >= 15 is 0 Å². The summed E-state index contributed by atoms with van der Waals surface area (Å²) in [6.45, 7) is 4.46. The Labute approximate surface area is 292 Å². The van der Waals surface area contributed by atoms with Crippen LogP contribution in [0.1, 0.15) is 155 Å². The van der Waals surface area contributed by atoms with Crippen LogP contribution in [0.2, 0.25) is 0 Å². The lowest BCUT2D eigenvalue weighted by atomic mass is 9.99. The van der Waals surface area contributed by atoms with Gasteiger partial charge >= 0.3 is 5.97 Å². The van der Waals surface area contributed by atoms with Gasteiger partial charge in [0.15, 0.2) is 6.29 Å². The lowest BCUT2D eigenvalue weighted by molar-refractivity contribution is -0.305. The highest BCUT2D eigenvalue weighted by molar-refractivity contribution is 5.69. The summed E-state index contributed by atoms with van der Waals surface area (Å²) >= 11 is 0. The van der Waals surface area contributed by atoms with Crippen molar-refractivity contribution in [1.29, 1.82) is 0 Å². The summed E-state index contributed by atoms with van der Waals surface area (Å²) < 4.78 is 22.7. The average molecular weight is 685 g/mol. The second kappa shape index (κ2) is 31.6. The minimum absolute atomic E-state index is 0.118. The fourth-order valence-corrected chi connectivity index (χ4v) is 5.72. The molecule has 6 unspecified atom stereocenters. The van der Waals surface area contributed by atoms with Crippen molar-refractivity contribution in [3.8, 4) is 0 Å². The van der Waals surface area contributed by atoms with Gasteiger partial charge in [-0.25, -0.2) is 0 Å². The van der Waals surface area contributed by atoms with Crippen molar-refractivity contribution in [1.82, 2.24) is 0 Å². The summed E-state index contributed by atoms with van der Waals surface area (Å²) in [4.78, 5) is 12.7. The van der Waals surface area contributed by atoms with Crippen LogP contribution in [0, 0.1) is 0 Å². The average Bonchev–Trinajstić information content (AvgIpc) is 3.08. The zero-order chi connectivity index (χ0) is 35.1. The predicted molar refractivity (Wildman–Crippen MR) is 192 cm³/mol. The monoisotopic (exact) mass is 685 g/mol. The maximum absolute atomic E-state index is 12.7. The van der Waals surface area contributed by atoms with Gasteiger partial charge in [-0.15, -0.1) is 0 Å². The molecule has 282 valence electrons. The predicted octanol–water partition coefficient (Wildman–Crippen LogP) is 7.47. The Morgan fingerprint density at radius 2 is 1.19 bits per heavy atom. The van der Waals surface area contributed by atoms with Gasteiger partial charge in [0, 0.05) is 13.0 Å². The highest BCUT2D eigenvalue weighted by Crippen LogP contribution is 2.22. The minimum atomic E-state index is -1.54. The molecule has 6 atom stereocenters. The van der Waals surface area contributed by atoms with E-state index < -0.39 is 43.4 Å². The van der Waals surface area contributed by atoms with Gasteiger partial charge in [0.1, 0.15) is 30.5 Å². The lowest BCUT2D eigenvalue weighted by Gasteiger charge is -2.39. The number of aliphatic hydroxyl groups is 4. The molecule has 0 bridgehead atoms. The number of hydrogen-bond acceptors (Lipinski definition) is 9. The van der Waals surface area contributed by atoms with E-state index in [-0.39, 0.29) is 19.2 Å². The molecular weight excluding hydrogens is 612 g/mol. The van der Waals surface area contributed by atoms with Crippen LogP contribution in [0.15, 0.2) is 24.3 Å². The minimum Gasteiger partial charge on any atom is -0.457 e. The van der Waals surface area contributed by atoms with Crippen molar-refractivity contribution in [2.45, 2.75) is 192 Å². The highest BCUT2D eigenvalue weighted by Gasteiger charge is 2.44. The lowest BCUT2D eigenvalue weighted by Crippen LogP contribution is -2.59. The standard InChI is InChI=1S/C39H72O9/c1-3-5-7-9-11-13-15-16-17-18-20-22-24-26-28-35(41)47-33(32-46-39-38(44)37(43)36(42)34(30-40)48-39)31-45-29-27-25-23-21-19-14-12-10-8-6-4-2/h8,10,15-16,33-34,36-40,42-44H,3-7,9,11-14,17-32H2,1-2H3/b10-8-,16-15-. The van der Waals surface area contributed by atoms with Crippen molar-refractivity contribution in [2.24, 2.45) is 0 Å². The van der Waals surface area contributed by atoms with Crippen LogP contribution in [0.4, 0.5) is 0 Å². The molecule has 1 aliphatic rings. The third-order valence-corrected chi connectivity index (χ3v) is 8.82. The molecule has 48 heavy (non-hydrogen) atoms. The topological polar surface area (TPSA) is 135 Å². The Morgan fingerprint density at radius 1 is 0.646 bits per heavy atom. The van der Waals surface area contributed by atoms with Crippen LogP contribution < -0.4 is 0 Å². The third kappa shape index (κ3) is 23.1. The van der Waals surface area contributed by atoms with E-state index in [1.54, 1.807) is 0 Å². The first kappa shape index (κ1) is 44.7. The Balaban J connectivity index is 2.34. The van der Waals surface area contributed by atoms with Crippen LogP contribution in [-0.2, 0) is 23.7 Å². The largest absolute Gasteiger partial charge is 0.457 e. The Kier molecular flexibility index (Phi) is 29.5. The SMILES string of the molecule is CCC/C=C\CCCCCCCCOCC(COC1OC(CO)C(O)C(O)C1O)OC(=O)CCCCCCC/C=C\CCCCCCC. The smallest absolute Gasteiger partial charge is 0.306 e. The Morgan fingerprint density at radius 3 is 1.77 bits per heavy atom. The molecule has 1 saturated heterocycles. The molecule has 0 aromatic heterocycles. The molecule has 0 spiro atoms. The van der Waals surface area contributed by atoms with Gasteiger partial charge in [0.2, 0.25) is 0 Å². The molecule has 9 heteroatoms. The zero-order valence-corrected chi connectivity index (χ0v) is 30.5. The first-order valence-corrected chi connectivity index (χ1v) is 19.4. The number of allylic oxidation sites excluding steroid dienone is 4. The highest BCUT2D eigenvalue weighted by atomic mass is 16.7. The molecular formula is C39H72O9. The number of unbranched alkanes of at least 4 members (excludes halogenated alkanes) is 17. The van der Waals surface area contributed by atoms with E-state index in [0.29, 0.717) is 13.0 Å². The molecule has 1 heterocycles. The second-order valence-corrected chi connectivity index (χ2v) is 13.4. The fraction of sp³-hybridized carbons (Fsp3) is 0.872. The molecule has 1 rings (SSSR count). The van der Waals surface area contributed by atoms with E-state index in [4.69, 9.17) is 18.9 Å². The first-order chi connectivity index (χ1) is 23.4. The second-order valence-electron chi connectivity index (χ2n) is 13.4. The van der Waals surface area contributed by atoms with Gasteiger partial charge in [-0.05, 0) is 57.8 Å². The van der Waals surface area contributed by atoms with Crippen molar-refractivity contribution in [2.75, 3.05) is 26.4 Å². The van der Waals surface area contributed by atoms with Gasteiger partial charge in [-0.3, -0.25) is 4.79 Å². The summed E-state index contributed by atoms with van der Waals surface area (Å²) in [7, 11) is 0. The van der Waals surface area contributed by atoms with E-state index in [2.05, 4.69) is 38.2 Å². The number of ether oxygens (including phenoxy) is 4. The van der Waals surface area contributed by atoms with E-state index in [1.807, 2.05) is 0 Å². The quantitative estimate of drug-likeness (QED) is 0.0323. The van der Waals surface area contributed by atoms with Gasteiger partial charge in [0.05, 0.1) is 19.8 Å². The van der Waals surface area contributed by atoms with Crippen LogP contribution >= 0.6 is 0 Å². The third-order valence-electron chi connectivity index (χ3n) is 8.82. The number of hydrogen-bond donors (Lipinski definition) is 4. The van der Waals surface area contributed by atoms with Gasteiger partial charge in [0.25, 0.3) is 0 Å². The van der Waals surface area contributed by atoms with Crippen molar-refractivity contribution in [3.05, 3.63) is 24.3 Å². The number of carbonyl (C=O) groups is 1. The van der Waals surface area contributed by atoms with Crippen LogP contribution in [0.3, 0.4) is 0 Å². The van der Waals surface area contributed by atoms with E-state index in [1.165, 1.54) is 70.6 Å². The maximum Gasteiger partial charge on any atom is 0.306 e. The summed E-state index contributed by atoms with van der Waals surface area (Å²) in [6.07, 6.45) is 26.3. The summed E-state index contributed by atoms with van der Waals surface area (Å²) in [5.41, 5.74) is 0. The van der Waals surface area contributed by atoms with Crippen LogP contribution in [-0.4, -0.2) is 89.6 Å². The van der Waals surface area contributed by atoms with Crippen LogP contribution in [0.25, 0.3) is 0 Å². The molecule has 9 nitrogen and oxygen atoms in total. The molecule has 0 aliphatic carbocycles. The van der Waals surface area contributed by atoms with Crippen molar-refractivity contribution in [3.63, 3.8) is 0 Å². The summed E-state index contributed by atoms with van der Waals surface area (Å²) in [5.74, 6) is -0.326. The van der Waals surface area contributed by atoms with Crippen molar-refractivity contribution >= 4 is 5.97 Å². The number of aliphatic hydroxyl groups excluding tert-OH is 4. The Bertz CT molecular complexity index is 787. The summed E-state index contributed by atoms with van der Waals surface area (Å²) in [6, 6.07) is 0. The number of rotatable bonds is 32. The maximum atomic E-state index is 12.7. The molecule has 1 fully saturated rings. The Hall–Kier alpha value is -1.33. The number of esters is 1. The van der Waals surface area contributed by atoms with Gasteiger partial charge in [-0.1, -0.05) is 115 Å². The molecule has 0 saturated carbocycles. The summed E-state index contributed by atoms with van der Waals surface area (Å²) in [5, 5.41) is 39.9. The first-order valence-electron chi connectivity index (χ1n) is 19.4. The van der Waals surface area contributed by atoms with Crippen molar-refractivity contribution < 1.29 is 44.2 Å².